The van der Waals surface area contributed by atoms with Gasteiger partial charge in [0.05, 0.1) is 24.8 Å². The third kappa shape index (κ3) is 6.66. The molecule has 1 amide bonds. The number of rotatable bonds is 7. The van der Waals surface area contributed by atoms with E-state index in [-0.39, 0.29) is 15.1 Å². The van der Waals surface area contributed by atoms with E-state index >= 15 is 0 Å². The minimum absolute atomic E-state index is 0. The van der Waals surface area contributed by atoms with Crippen LogP contribution >= 0.6 is 0 Å². The summed E-state index contributed by atoms with van der Waals surface area (Å²) in [5.74, 6) is 1.18. The highest BCUT2D eigenvalue weighted by Crippen LogP contribution is 2.42. The summed E-state index contributed by atoms with van der Waals surface area (Å²) in [5.41, 5.74) is 1.84. The SMILES string of the molecule is COc1ccc(C2(C(=O)Nc3cccc(-c4ccc(S(=O)[O-])cc4)n3)CCCC2)cc1.OC[C@H]1CCCN1.[HH].[HH].[HH]. The van der Waals surface area contributed by atoms with Gasteiger partial charge in [0, 0.05) is 20.8 Å². The van der Waals surface area contributed by atoms with Crippen LogP contribution in [0.15, 0.2) is 71.6 Å². The van der Waals surface area contributed by atoms with Gasteiger partial charge in [0.25, 0.3) is 0 Å². The number of ether oxygens (including phenoxy) is 1. The number of methoxy groups -OCH3 is 1. The van der Waals surface area contributed by atoms with Gasteiger partial charge in [-0.1, -0.05) is 43.2 Å². The fourth-order valence-electron chi connectivity index (χ4n) is 5.09. The number of hydrogen-bond acceptors (Lipinski definition) is 7. The van der Waals surface area contributed by atoms with Gasteiger partial charge in [-0.15, -0.1) is 0 Å². The van der Waals surface area contributed by atoms with Crippen LogP contribution in [0.25, 0.3) is 11.3 Å². The number of aliphatic hydroxyl groups is 1. The molecule has 1 aromatic heterocycles. The minimum atomic E-state index is -2.27. The first-order valence-electron chi connectivity index (χ1n) is 12.9. The van der Waals surface area contributed by atoms with E-state index in [4.69, 9.17) is 9.84 Å². The van der Waals surface area contributed by atoms with Crippen molar-refractivity contribution >= 4 is 22.8 Å². The van der Waals surface area contributed by atoms with Crippen molar-refractivity contribution in [1.29, 1.82) is 0 Å². The van der Waals surface area contributed by atoms with Gasteiger partial charge in [-0.2, -0.15) is 0 Å². The first-order valence-corrected chi connectivity index (χ1v) is 14.0. The number of hydrogen-bond donors (Lipinski definition) is 3. The zero-order valence-corrected chi connectivity index (χ0v) is 22.3. The molecule has 2 fully saturated rings. The lowest BCUT2D eigenvalue weighted by molar-refractivity contribution is -0.121. The summed E-state index contributed by atoms with van der Waals surface area (Å²) in [6.45, 7) is 1.39. The quantitative estimate of drug-likeness (QED) is 0.362. The molecule has 38 heavy (non-hydrogen) atoms. The van der Waals surface area contributed by atoms with E-state index in [1.54, 1.807) is 25.3 Å². The maximum absolute atomic E-state index is 13.4. The highest BCUT2D eigenvalue weighted by atomic mass is 32.2. The van der Waals surface area contributed by atoms with Gasteiger partial charge >= 0.3 is 0 Å². The highest BCUT2D eigenvalue weighted by molar-refractivity contribution is 7.79. The van der Waals surface area contributed by atoms with Crippen LogP contribution in [-0.4, -0.2) is 51.1 Å². The zero-order chi connectivity index (χ0) is 27.0. The second kappa shape index (κ2) is 13.1. The van der Waals surface area contributed by atoms with E-state index < -0.39 is 16.5 Å². The van der Waals surface area contributed by atoms with Crippen LogP contribution in [-0.2, 0) is 21.3 Å². The second-order valence-electron chi connectivity index (χ2n) is 9.61. The van der Waals surface area contributed by atoms with Crippen molar-refractivity contribution in [2.75, 3.05) is 25.6 Å². The predicted octanol–water partition coefficient (Wildman–Crippen LogP) is 4.91. The molecular weight excluding hydrogens is 502 g/mol. The number of nitrogens with zero attached hydrogens (tertiary/aromatic N) is 1. The Kier molecular flexibility index (Phi) is 9.63. The van der Waals surface area contributed by atoms with E-state index in [9.17, 15) is 13.6 Å². The molecule has 3 aromatic rings. The van der Waals surface area contributed by atoms with Gasteiger partial charge in [0.2, 0.25) is 5.91 Å². The molecule has 2 atom stereocenters. The van der Waals surface area contributed by atoms with E-state index in [0.717, 1.165) is 55.5 Å². The van der Waals surface area contributed by atoms with E-state index in [2.05, 4.69) is 15.6 Å². The molecule has 2 aliphatic rings. The molecule has 2 heterocycles. The monoisotopic (exact) mass is 542 g/mol. The summed E-state index contributed by atoms with van der Waals surface area (Å²) >= 11 is -2.27. The third-order valence-corrected chi connectivity index (χ3v) is 7.91. The van der Waals surface area contributed by atoms with Crippen molar-refractivity contribution in [3.8, 4) is 17.0 Å². The first-order chi connectivity index (χ1) is 18.4. The van der Waals surface area contributed by atoms with Crippen molar-refractivity contribution in [3.05, 3.63) is 72.3 Å². The van der Waals surface area contributed by atoms with Crippen LogP contribution in [0.3, 0.4) is 0 Å². The van der Waals surface area contributed by atoms with Gasteiger partial charge in [0.1, 0.15) is 11.6 Å². The van der Waals surface area contributed by atoms with Crippen LogP contribution in [0.4, 0.5) is 5.82 Å². The van der Waals surface area contributed by atoms with Gasteiger partial charge in [0.15, 0.2) is 0 Å². The molecule has 1 saturated heterocycles. The summed E-state index contributed by atoms with van der Waals surface area (Å²) < 4.78 is 27.4. The number of anilines is 1. The van der Waals surface area contributed by atoms with E-state index in [1.165, 1.54) is 18.6 Å². The van der Waals surface area contributed by atoms with Crippen LogP contribution in [0.5, 0.6) is 5.75 Å². The molecule has 0 spiro atoms. The largest absolute Gasteiger partial charge is 0.768 e. The molecule has 1 saturated carbocycles. The number of benzene rings is 2. The number of aliphatic hydroxyl groups excluding tert-OH is 1. The molecule has 3 N–H and O–H groups in total. The normalized spacial score (nSPS) is 18.8. The van der Waals surface area contributed by atoms with Gasteiger partial charge in [-0.25, -0.2) is 4.98 Å². The van der Waals surface area contributed by atoms with Crippen molar-refractivity contribution in [1.82, 2.24) is 10.3 Å². The van der Waals surface area contributed by atoms with Crippen LogP contribution in [0, 0.1) is 0 Å². The number of amides is 1. The lowest BCUT2D eigenvalue weighted by atomic mass is 9.78. The Balaban J connectivity index is 0.000000739. The molecule has 1 aliphatic carbocycles. The Labute approximate surface area is 230 Å². The molecule has 1 aliphatic heterocycles. The number of nitrogens with one attached hydrogen (secondary N) is 2. The third-order valence-electron chi connectivity index (χ3n) is 7.25. The number of carbonyl (C=O) groups is 1. The maximum Gasteiger partial charge on any atom is 0.236 e. The Morgan fingerprint density at radius 3 is 2.39 bits per heavy atom. The van der Waals surface area contributed by atoms with Crippen LogP contribution in [0.2, 0.25) is 0 Å². The average molecular weight is 543 g/mol. The smallest absolute Gasteiger partial charge is 0.236 e. The van der Waals surface area contributed by atoms with Crippen molar-refractivity contribution < 1.29 is 27.7 Å². The number of aromatic nitrogens is 1. The molecule has 208 valence electrons. The molecule has 0 radical (unpaired) electrons. The lowest BCUT2D eigenvalue weighted by Gasteiger charge is -2.28. The Morgan fingerprint density at radius 2 is 1.84 bits per heavy atom. The fraction of sp³-hybridized carbons (Fsp3) is 0.379. The van der Waals surface area contributed by atoms with E-state index in [1.807, 2.05) is 36.4 Å². The summed E-state index contributed by atoms with van der Waals surface area (Å²) in [5, 5.41) is 14.7. The van der Waals surface area contributed by atoms with Crippen LogP contribution in [0.1, 0.15) is 48.4 Å². The molecule has 8 nitrogen and oxygen atoms in total. The van der Waals surface area contributed by atoms with Crippen molar-refractivity contribution in [3.63, 3.8) is 0 Å². The molecule has 1 unspecified atom stereocenters. The molecule has 9 heteroatoms. The lowest BCUT2D eigenvalue weighted by Crippen LogP contribution is -2.38. The second-order valence-corrected chi connectivity index (χ2v) is 10.6. The average Bonchev–Trinajstić information content (AvgIpc) is 3.67. The Morgan fingerprint density at radius 1 is 1.13 bits per heavy atom. The first kappa shape index (κ1) is 27.9. The predicted molar refractivity (Wildman–Crippen MR) is 153 cm³/mol. The number of carbonyl (C=O) groups excluding carboxylic acids is 1. The van der Waals surface area contributed by atoms with Gasteiger partial charge in [-0.3, -0.25) is 9.00 Å². The van der Waals surface area contributed by atoms with Crippen molar-refractivity contribution in [2.24, 2.45) is 0 Å². The minimum Gasteiger partial charge on any atom is -0.768 e. The van der Waals surface area contributed by atoms with E-state index in [0.29, 0.717) is 24.2 Å². The van der Waals surface area contributed by atoms with Crippen molar-refractivity contribution in [2.45, 2.75) is 54.9 Å². The molecule has 2 aromatic carbocycles. The standard InChI is InChI=1S/C24H24N2O4S.C5H11NO.3H2/c1-30-19-11-9-18(10-12-19)24(15-2-3-16-24)23(27)26-22-6-4-5-21(25-22)17-7-13-20(14-8-17)31(28)29;7-4-5-2-1-3-6-5;;;/h4-14H,2-3,15-16H2,1H3,(H,28,29)(H,25,26,27);5-7H,1-4H2;3*1H/p-1/t;5-;;;/m.1.../s1. The van der Waals surface area contributed by atoms with Gasteiger partial charge < -0.3 is 25.0 Å². The molecule has 5 rings (SSSR count). The topological polar surface area (TPSA) is 124 Å². The summed E-state index contributed by atoms with van der Waals surface area (Å²) in [6, 6.07) is 20.0. The zero-order valence-electron chi connectivity index (χ0n) is 21.5. The molecular formula is C29H40N3O5S-. The number of pyridine rings is 1. The summed E-state index contributed by atoms with van der Waals surface area (Å²) in [6.07, 6.45) is 5.96. The fourth-order valence-corrected chi connectivity index (χ4v) is 5.44. The highest BCUT2D eigenvalue weighted by Gasteiger charge is 2.42. The Hall–Kier alpha value is -3.11. The molecule has 0 bridgehead atoms. The van der Waals surface area contributed by atoms with Crippen LogP contribution < -0.4 is 15.4 Å². The summed E-state index contributed by atoms with van der Waals surface area (Å²) in [4.78, 5) is 18.2. The maximum atomic E-state index is 13.4. The van der Waals surface area contributed by atoms with Gasteiger partial charge in [-0.05, 0) is 85.3 Å². The summed E-state index contributed by atoms with van der Waals surface area (Å²) in [7, 11) is 1.62. The Bertz CT molecular complexity index is 1240.